The zero-order valence-electron chi connectivity index (χ0n) is 20.4. The fourth-order valence-corrected chi connectivity index (χ4v) is 4.42. The van der Waals surface area contributed by atoms with Crippen LogP contribution in [0.5, 0.6) is 5.75 Å². The largest absolute Gasteiger partial charge is 0.507 e. The smallest absolute Gasteiger partial charge is 0.342 e. The second-order valence-electron chi connectivity index (χ2n) is 9.25. The second kappa shape index (κ2) is 10.3. The van der Waals surface area contributed by atoms with Crippen molar-refractivity contribution in [2.75, 3.05) is 5.32 Å². The van der Waals surface area contributed by atoms with Gasteiger partial charge in [-0.2, -0.15) is 9.78 Å². The molecule has 1 aliphatic carbocycles. The minimum Gasteiger partial charge on any atom is -0.507 e. The molecule has 1 aromatic heterocycles. The number of hydrogen-bond acceptors (Lipinski definition) is 4. The molecule has 0 spiro atoms. The van der Waals surface area contributed by atoms with Gasteiger partial charge in [-0.15, -0.1) is 0 Å². The number of aromatic hydroxyl groups is 1. The van der Waals surface area contributed by atoms with Gasteiger partial charge in [-0.25, -0.2) is 9.18 Å². The molecule has 5 rings (SSSR count). The highest BCUT2D eigenvalue weighted by molar-refractivity contribution is 6.05. The summed E-state index contributed by atoms with van der Waals surface area (Å²) >= 11 is 0. The zero-order valence-corrected chi connectivity index (χ0v) is 20.4. The van der Waals surface area contributed by atoms with E-state index in [0.717, 1.165) is 30.5 Å². The highest BCUT2D eigenvalue weighted by Gasteiger charge is 2.27. The van der Waals surface area contributed by atoms with Crippen molar-refractivity contribution in [3.05, 3.63) is 101 Å². The minimum absolute atomic E-state index is 0.0331. The minimum atomic E-state index is -0.460. The molecule has 3 N–H and O–H groups in total. The summed E-state index contributed by atoms with van der Waals surface area (Å²) in [6.07, 6.45) is 2.96. The van der Waals surface area contributed by atoms with Crippen LogP contribution >= 0.6 is 0 Å². The van der Waals surface area contributed by atoms with E-state index < -0.39 is 6.03 Å². The molecule has 2 amide bonds. The van der Waals surface area contributed by atoms with Gasteiger partial charge < -0.3 is 15.7 Å². The molecular weight excluding hydrogens is 471 g/mol. The first-order chi connectivity index (χ1) is 17.9. The van der Waals surface area contributed by atoms with Crippen LogP contribution in [-0.4, -0.2) is 26.8 Å². The summed E-state index contributed by atoms with van der Waals surface area (Å²) in [7, 11) is 0. The monoisotopic (exact) mass is 498 g/mol. The van der Waals surface area contributed by atoms with Crippen LogP contribution in [0, 0.1) is 12.7 Å². The molecule has 7 nitrogen and oxygen atoms in total. The molecule has 1 aliphatic rings. The second-order valence-corrected chi connectivity index (χ2v) is 9.25. The fraction of sp³-hybridized carbons (Fsp3) is 0.207. The number of nitrogens with one attached hydrogen (secondary N) is 2. The van der Waals surface area contributed by atoms with E-state index in [2.05, 4.69) is 15.7 Å². The Morgan fingerprint density at radius 3 is 2.51 bits per heavy atom. The van der Waals surface area contributed by atoms with E-state index in [1.807, 2.05) is 25.1 Å². The first-order valence-electron chi connectivity index (χ1n) is 12.2. The highest BCUT2D eigenvalue weighted by Crippen LogP contribution is 2.39. The first kappa shape index (κ1) is 24.2. The Labute approximate surface area is 214 Å². The molecule has 3 aromatic carbocycles. The maximum atomic E-state index is 14.0. The lowest BCUT2D eigenvalue weighted by atomic mass is 9.82. The Kier molecular flexibility index (Phi) is 6.72. The summed E-state index contributed by atoms with van der Waals surface area (Å²) in [5, 5.41) is 20.8. The number of benzene rings is 3. The van der Waals surface area contributed by atoms with E-state index in [4.69, 9.17) is 0 Å². The van der Waals surface area contributed by atoms with Crippen LogP contribution in [0.4, 0.5) is 14.9 Å². The first-order valence-corrected chi connectivity index (χ1v) is 12.2. The maximum Gasteiger partial charge on any atom is 0.342 e. The van der Waals surface area contributed by atoms with Crippen molar-refractivity contribution in [2.45, 2.75) is 38.6 Å². The predicted octanol–water partition coefficient (Wildman–Crippen LogP) is 5.98. The van der Waals surface area contributed by atoms with E-state index in [0.29, 0.717) is 28.1 Å². The van der Waals surface area contributed by atoms with Crippen molar-refractivity contribution in [1.29, 1.82) is 0 Å². The topological polar surface area (TPSA) is 96.3 Å². The number of phenols is 1. The van der Waals surface area contributed by atoms with E-state index >= 15 is 0 Å². The molecule has 0 unspecified atom stereocenters. The lowest BCUT2D eigenvalue weighted by Crippen LogP contribution is -2.31. The Balaban J connectivity index is 1.37. The number of phenolic OH excluding ortho intramolecular Hbond substituents is 1. The quantitative estimate of drug-likeness (QED) is 0.305. The van der Waals surface area contributed by atoms with Crippen LogP contribution < -0.4 is 10.6 Å². The molecule has 1 saturated carbocycles. The van der Waals surface area contributed by atoms with Crippen LogP contribution in [0.2, 0.25) is 0 Å². The lowest BCUT2D eigenvalue weighted by molar-refractivity contribution is 0.102. The standard InChI is InChI=1S/C29H27FN4O3/c1-18-7-2-4-11-22(18)28(36)32-21-13-14-23(27(35)15-21)25-16-26(19-9-6-10-19)34(33-25)29(37)31-17-20-8-3-5-12-24(20)30/h2-5,7-8,11-16,19,35H,6,9-10,17H2,1H3,(H,31,37)(H,32,36). The molecule has 0 radical (unpaired) electrons. The summed E-state index contributed by atoms with van der Waals surface area (Å²) in [6.45, 7) is 1.89. The number of aromatic nitrogens is 2. The van der Waals surface area contributed by atoms with Crippen molar-refractivity contribution in [3.8, 4) is 17.0 Å². The summed E-state index contributed by atoms with van der Waals surface area (Å²) in [6, 6.07) is 19.7. The van der Waals surface area contributed by atoms with Gasteiger partial charge in [0.2, 0.25) is 0 Å². The third-order valence-corrected chi connectivity index (χ3v) is 6.76. The lowest BCUT2D eigenvalue weighted by Gasteiger charge is -2.25. The van der Waals surface area contributed by atoms with E-state index in [9.17, 15) is 19.1 Å². The van der Waals surface area contributed by atoms with Crippen molar-refractivity contribution in [1.82, 2.24) is 15.1 Å². The summed E-state index contributed by atoms with van der Waals surface area (Å²) in [4.78, 5) is 25.7. The van der Waals surface area contributed by atoms with Gasteiger partial charge in [0, 0.05) is 40.9 Å². The van der Waals surface area contributed by atoms with Crippen LogP contribution in [0.1, 0.15) is 52.4 Å². The predicted molar refractivity (Wildman–Crippen MR) is 139 cm³/mol. The van der Waals surface area contributed by atoms with Crippen LogP contribution in [0.25, 0.3) is 11.3 Å². The number of hydrogen-bond donors (Lipinski definition) is 3. The van der Waals surface area contributed by atoms with Crippen molar-refractivity contribution in [3.63, 3.8) is 0 Å². The third kappa shape index (κ3) is 5.09. The third-order valence-electron chi connectivity index (χ3n) is 6.76. The van der Waals surface area contributed by atoms with Gasteiger partial charge in [-0.3, -0.25) is 4.79 Å². The Morgan fingerprint density at radius 2 is 1.81 bits per heavy atom. The number of aryl methyl sites for hydroxylation is 1. The van der Waals surface area contributed by atoms with Gasteiger partial charge in [0.05, 0.1) is 11.4 Å². The van der Waals surface area contributed by atoms with Crippen molar-refractivity contribution < 1.29 is 19.1 Å². The van der Waals surface area contributed by atoms with Gasteiger partial charge in [0.1, 0.15) is 11.6 Å². The van der Waals surface area contributed by atoms with Crippen LogP contribution in [-0.2, 0) is 6.54 Å². The van der Waals surface area contributed by atoms with Gasteiger partial charge in [0.25, 0.3) is 5.91 Å². The number of halogens is 1. The Morgan fingerprint density at radius 1 is 1.05 bits per heavy atom. The fourth-order valence-electron chi connectivity index (χ4n) is 4.42. The molecule has 0 saturated heterocycles. The summed E-state index contributed by atoms with van der Waals surface area (Å²) in [5.41, 5.74) is 3.86. The molecule has 4 aromatic rings. The SMILES string of the molecule is Cc1ccccc1C(=O)Nc1ccc(-c2cc(C3CCC3)n(C(=O)NCc3ccccc3F)n2)c(O)c1. The highest BCUT2D eigenvalue weighted by atomic mass is 19.1. The number of carbonyl (C=O) groups is 2. The molecule has 37 heavy (non-hydrogen) atoms. The molecule has 8 heteroatoms. The summed E-state index contributed by atoms with van der Waals surface area (Å²) in [5.74, 6) is -0.537. The number of rotatable bonds is 6. The van der Waals surface area contributed by atoms with Gasteiger partial charge in [-0.1, -0.05) is 42.8 Å². The van der Waals surface area contributed by atoms with Crippen molar-refractivity contribution >= 4 is 17.6 Å². The molecule has 1 fully saturated rings. The molecule has 0 atom stereocenters. The Hall–Kier alpha value is -4.46. The molecule has 188 valence electrons. The molecule has 0 aliphatic heterocycles. The average molecular weight is 499 g/mol. The van der Waals surface area contributed by atoms with Gasteiger partial charge >= 0.3 is 6.03 Å². The average Bonchev–Trinajstić information content (AvgIpc) is 3.27. The number of carbonyl (C=O) groups excluding carboxylic acids is 2. The van der Waals surface area contributed by atoms with Crippen molar-refractivity contribution in [2.24, 2.45) is 0 Å². The molecule has 1 heterocycles. The summed E-state index contributed by atoms with van der Waals surface area (Å²) < 4.78 is 15.3. The zero-order chi connectivity index (χ0) is 25.9. The number of nitrogens with zero attached hydrogens (tertiary/aromatic N) is 2. The molecule has 0 bridgehead atoms. The van der Waals surface area contributed by atoms with Crippen LogP contribution in [0.3, 0.4) is 0 Å². The van der Waals surface area contributed by atoms with Gasteiger partial charge in [-0.05, 0) is 55.7 Å². The number of anilines is 1. The van der Waals surface area contributed by atoms with E-state index in [-0.39, 0.29) is 29.9 Å². The maximum absolute atomic E-state index is 14.0. The number of amides is 2. The molecular formula is C29H27FN4O3. The van der Waals surface area contributed by atoms with E-state index in [1.165, 1.54) is 16.8 Å². The van der Waals surface area contributed by atoms with E-state index in [1.54, 1.807) is 42.5 Å². The van der Waals surface area contributed by atoms with Gasteiger partial charge in [0.15, 0.2) is 0 Å². The Bertz CT molecular complexity index is 1480. The van der Waals surface area contributed by atoms with Crippen LogP contribution in [0.15, 0.2) is 72.8 Å². The normalized spacial score (nSPS) is 13.1.